The van der Waals surface area contributed by atoms with Crippen molar-refractivity contribution in [3.8, 4) is 17.2 Å². The third kappa shape index (κ3) is 2.32. The molecule has 1 N–H and O–H groups in total. The second-order valence-corrected chi connectivity index (χ2v) is 6.20. The number of nitriles is 1. The van der Waals surface area contributed by atoms with Gasteiger partial charge in [0.15, 0.2) is 0 Å². The van der Waals surface area contributed by atoms with Crippen molar-refractivity contribution in [2.45, 2.75) is 12.5 Å². The minimum atomic E-state index is 0.473. The summed E-state index contributed by atoms with van der Waals surface area (Å²) in [6.07, 6.45) is 8.52. The van der Waals surface area contributed by atoms with Crippen LogP contribution in [0.25, 0.3) is 16.6 Å². The Kier molecular flexibility index (Phi) is 3.47. The van der Waals surface area contributed by atoms with Gasteiger partial charge >= 0.3 is 0 Å². The average molecular weight is 321 g/mol. The molecule has 0 aromatic carbocycles. The first-order valence-corrected chi connectivity index (χ1v) is 8.02. The van der Waals surface area contributed by atoms with Crippen LogP contribution < -0.4 is 10.2 Å². The zero-order valence-electron chi connectivity index (χ0n) is 13.8. The molecule has 1 atom stereocenters. The molecule has 4 rings (SSSR count). The molecule has 0 bridgehead atoms. The van der Waals surface area contributed by atoms with Gasteiger partial charge in [-0.2, -0.15) is 15.5 Å². The molecule has 24 heavy (non-hydrogen) atoms. The van der Waals surface area contributed by atoms with E-state index in [1.807, 2.05) is 37.2 Å². The van der Waals surface area contributed by atoms with E-state index < -0.39 is 0 Å². The molecule has 0 saturated carbocycles. The zero-order chi connectivity index (χ0) is 16.7. The summed E-state index contributed by atoms with van der Waals surface area (Å²) in [7, 11) is 3.90. The Hall–Kier alpha value is -2.85. The highest BCUT2D eigenvalue weighted by atomic mass is 15.3. The van der Waals surface area contributed by atoms with Crippen LogP contribution in [-0.2, 0) is 7.05 Å². The summed E-state index contributed by atoms with van der Waals surface area (Å²) in [6, 6.07) is 4.88. The number of hydrogen-bond acceptors (Lipinski definition) is 5. The fraction of sp³-hybridized carbons (Fsp3) is 0.353. The molecule has 122 valence electrons. The van der Waals surface area contributed by atoms with Crippen LogP contribution in [0.2, 0.25) is 0 Å². The lowest BCUT2D eigenvalue weighted by Gasteiger charge is -2.21. The molecule has 3 aromatic heterocycles. The number of anilines is 1. The van der Waals surface area contributed by atoms with Crippen molar-refractivity contribution in [1.82, 2.24) is 24.7 Å². The van der Waals surface area contributed by atoms with Crippen molar-refractivity contribution in [3.05, 3.63) is 36.4 Å². The molecule has 0 aliphatic carbocycles. The number of nitrogens with one attached hydrogen (secondary N) is 1. The highest BCUT2D eigenvalue weighted by molar-refractivity contribution is 5.83. The van der Waals surface area contributed by atoms with Crippen LogP contribution in [0.3, 0.4) is 0 Å². The minimum absolute atomic E-state index is 0.473. The molecule has 7 nitrogen and oxygen atoms in total. The van der Waals surface area contributed by atoms with Gasteiger partial charge in [-0.1, -0.05) is 0 Å². The minimum Gasteiger partial charge on any atom is -0.368 e. The smallest absolute Gasteiger partial charge is 0.107 e. The molecule has 0 amide bonds. The highest BCUT2D eigenvalue weighted by Gasteiger charge is 2.25. The number of nitrogens with zero attached hydrogens (tertiary/aromatic N) is 6. The van der Waals surface area contributed by atoms with Gasteiger partial charge in [-0.05, 0) is 19.5 Å². The summed E-state index contributed by atoms with van der Waals surface area (Å²) in [5.74, 6) is 0. The Balaban J connectivity index is 1.88. The van der Waals surface area contributed by atoms with Gasteiger partial charge in [0.25, 0.3) is 0 Å². The Morgan fingerprint density at radius 1 is 1.25 bits per heavy atom. The van der Waals surface area contributed by atoms with E-state index >= 15 is 0 Å². The van der Waals surface area contributed by atoms with E-state index in [9.17, 15) is 5.26 Å². The fourth-order valence-electron chi connectivity index (χ4n) is 3.37. The van der Waals surface area contributed by atoms with E-state index in [0.29, 0.717) is 11.6 Å². The summed E-state index contributed by atoms with van der Waals surface area (Å²) in [4.78, 5) is 2.33. The largest absolute Gasteiger partial charge is 0.368 e. The van der Waals surface area contributed by atoms with Crippen molar-refractivity contribution in [2.24, 2.45) is 7.05 Å². The lowest BCUT2D eigenvalue weighted by atomic mass is 10.1. The lowest BCUT2D eigenvalue weighted by Crippen LogP contribution is -2.29. The number of hydrogen-bond donors (Lipinski definition) is 1. The van der Waals surface area contributed by atoms with E-state index in [4.69, 9.17) is 0 Å². The van der Waals surface area contributed by atoms with E-state index in [1.165, 1.54) is 0 Å². The third-order valence-electron chi connectivity index (χ3n) is 4.69. The molecule has 0 spiro atoms. The Bertz CT molecular complexity index is 930. The Morgan fingerprint density at radius 2 is 2.12 bits per heavy atom. The molecule has 1 fully saturated rings. The molecular formula is C17H19N7. The van der Waals surface area contributed by atoms with E-state index in [2.05, 4.69) is 32.5 Å². The number of rotatable bonds is 3. The van der Waals surface area contributed by atoms with Crippen molar-refractivity contribution in [3.63, 3.8) is 0 Å². The first-order chi connectivity index (χ1) is 11.7. The maximum atomic E-state index is 9.43. The number of pyridine rings is 1. The quantitative estimate of drug-likeness (QED) is 0.789. The highest BCUT2D eigenvalue weighted by Crippen LogP contribution is 2.32. The van der Waals surface area contributed by atoms with Crippen molar-refractivity contribution >= 4 is 11.2 Å². The molecule has 3 aromatic rings. The van der Waals surface area contributed by atoms with Crippen LogP contribution in [0.1, 0.15) is 12.0 Å². The summed E-state index contributed by atoms with van der Waals surface area (Å²) in [5.41, 5.74) is 4.63. The predicted molar refractivity (Wildman–Crippen MR) is 91.8 cm³/mol. The Labute approximate surface area is 140 Å². The van der Waals surface area contributed by atoms with Crippen LogP contribution >= 0.6 is 0 Å². The molecule has 1 saturated heterocycles. The molecule has 1 unspecified atom stereocenters. The third-order valence-corrected chi connectivity index (χ3v) is 4.69. The van der Waals surface area contributed by atoms with Gasteiger partial charge in [0.05, 0.1) is 23.6 Å². The first-order valence-electron chi connectivity index (χ1n) is 8.02. The van der Waals surface area contributed by atoms with E-state index in [0.717, 1.165) is 41.8 Å². The fourth-order valence-corrected chi connectivity index (χ4v) is 3.37. The maximum Gasteiger partial charge on any atom is 0.107 e. The maximum absolute atomic E-state index is 9.43. The van der Waals surface area contributed by atoms with Crippen LogP contribution in [0, 0.1) is 11.3 Å². The van der Waals surface area contributed by atoms with E-state index in [-0.39, 0.29) is 0 Å². The predicted octanol–water partition coefficient (Wildman–Crippen LogP) is 1.40. The normalized spacial score (nSPS) is 17.5. The van der Waals surface area contributed by atoms with Crippen molar-refractivity contribution in [2.75, 3.05) is 25.0 Å². The SMILES string of the molecule is CNC1CCN(c2cc(-c3cnn(C)c3)cn3ncc(C#N)c23)C1. The summed E-state index contributed by atoms with van der Waals surface area (Å²) >= 11 is 0. The molecular weight excluding hydrogens is 302 g/mol. The number of aromatic nitrogens is 4. The van der Waals surface area contributed by atoms with Gasteiger partial charge in [-0.25, -0.2) is 4.52 Å². The van der Waals surface area contributed by atoms with Crippen LogP contribution in [0.15, 0.2) is 30.9 Å². The van der Waals surface area contributed by atoms with Crippen LogP contribution in [-0.4, -0.2) is 45.6 Å². The number of fused-ring (bicyclic) bond motifs is 1. The topological polar surface area (TPSA) is 74.2 Å². The van der Waals surface area contributed by atoms with Crippen molar-refractivity contribution < 1.29 is 0 Å². The molecule has 1 aliphatic rings. The number of likely N-dealkylation sites (N-methyl/N-ethyl adjacent to an activating group) is 1. The first kappa shape index (κ1) is 14.7. The van der Waals surface area contributed by atoms with Crippen molar-refractivity contribution in [1.29, 1.82) is 5.26 Å². The van der Waals surface area contributed by atoms with Gasteiger partial charge in [-0.3, -0.25) is 4.68 Å². The average Bonchev–Trinajstić information content (AvgIpc) is 3.32. The second-order valence-electron chi connectivity index (χ2n) is 6.20. The standard InChI is InChI=1S/C17H19N7/c1-19-15-3-4-23(11-15)16-5-12(14-8-20-22(2)9-14)10-24-17(16)13(6-18)7-21-24/h5,7-10,15,19H,3-4,11H2,1-2H3. The van der Waals surface area contributed by atoms with Gasteiger partial charge in [0, 0.05) is 49.7 Å². The van der Waals surface area contributed by atoms with E-state index in [1.54, 1.807) is 10.9 Å². The van der Waals surface area contributed by atoms with Crippen LogP contribution in [0.4, 0.5) is 5.69 Å². The number of aryl methyl sites for hydroxylation is 1. The summed E-state index contributed by atoms with van der Waals surface area (Å²) < 4.78 is 3.60. The Morgan fingerprint density at radius 3 is 2.79 bits per heavy atom. The molecule has 0 radical (unpaired) electrons. The monoisotopic (exact) mass is 321 g/mol. The van der Waals surface area contributed by atoms with Gasteiger partial charge in [-0.15, -0.1) is 0 Å². The van der Waals surface area contributed by atoms with Gasteiger partial charge in [0.1, 0.15) is 11.6 Å². The summed E-state index contributed by atoms with van der Waals surface area (Å²) in [6.45, 7) is 1.90. The van der Waals surface area contributed by atoms with Gasteiger partial charge < -0.3 is 10.2 Å². The zero-order valence-corrected chi connectivity index (χ0v) is 13.8. The molecule has 1 aliphatic heterocycles. The second kappa shape index (κ2) is 5.65. The molecule has 4 heterocycles. The van der Waals surface area contributed by atoms with Crippen LogP contribution in [0.5, 0.6) is 0 Å². The lowest BCUT2D eigenvalue weighted by molar-refractivity contribution is 0.617. The van der Waals surface area contributed by atoms with Gasteiger partial charge in [0.2, 0.25) is 0 Å². The molecule has 7 heteroatoms. The summed E-state index contributed by atoms with van der Waals surface area (Å²) in [5, 5.41) is 21.4.